The van der Waals surface area contributed by atoms with Crippen molar-refractivity contribution in [1.82, 2.24) is 0 Å². The number of nitrogen functional groups attached to an aromatic ring is 2. The standard InChI is InChI=1S/C20H26N4O2/c21-15-9-5-7-11-17(15)23-19(25)13-3-1-2-4-14-20(26)24-18-12-8-6-10-16(18)22/h5-12H,1-4,13-14,21-22H2,(H,23,25)(H,24,26). The van der Waals surface area contributed by atoms with Gasteiger partial charge in [0.05, 0.1) is 22.7 Å². The molecule has 2 aromatic rings. The Labute approximate surface area is 154 Å². The van der Waals surface area contributed by atoms with Crippen LogP contribution in [0.5, 0.6) is 0 Å². The van der Waals surface area contributed by atoms with Gasteiger partial charge in [-0.2, -0.15) is 0 Å². The number of carbonyl (C=O) groups is 2. The molecule has 0 fully saturated rings. The van der Waals surface area contributed by atoms with Crippen molar-refractivity contribution in [2.75, 3.05) is 22.1 Å². The van der Waals surface area contributed by atoms with Crippen molar-refractivity contribution < 1.29 is 9.59 Å². The molecule has 6 nitrogen and oxygen atoms in total. The van der Waals surface area contributed by atoms with Gasteiger partial charge in [-0.3, -0.25) is 9.59 Å². The minimum atomic E-state index is -0.0415. The Kier molecular flexibility index (Phi) is 7.49. The predicted molar refractivity (Wildman–Crippen MR) is 107 cm³/mol. The second-order valence-electron chi connectivity index (χ2n) is 6.19. The van der Waals surface area contributed by atoms with Gasteiger partial charge in [0.1, 0.15) is 0 Å². The van der Waals surface area contributed by atoms with Crippen LogP contribution in [0.4, 0.5) is 22.7 Å². The highest BCUT2D eigenvalue weighted by Crippen LogP contribution is 2.18. The zero-order valence-electron chi connectivity index (χ0n) is 14.8. The molecule has 0 saturated carbocycles. The molecule has 0 heterocycles. The normalized spacial score (nSPS) is 10.3. The fourth-order valence-corrected chi connectivity index (χ4v) is 2.57. The third kappa shape index (κ3) is 6.47. The summed E-state index contributed by atoms with van der Waals surface area (Å²) in [5, 5.41) is 5.62. The molecular weight excluding hydrogens is 328 g/mol. The van der Waals surface area contributed by atoms with E-state index in [0.717, 1.165) is 25.7 Å². The average molecular weight is 354 g/mol. The van der Waals surface area contributed by atoms with Gasteiger partial charge in [-0.15, -0.1) is 0 Å². The number of rotatable bonds is 9. The van der Waals surface area contributed by atoms with Gasteiger partial charge in [0.25, 0.3) is 0 Å². The Morgan fingerprint density at radius 3 is 1.42 bits per heavy atom. The van der Waals surface area contributed by atoms with Gasteiger partial charge in [0.15, 0.2) is 0 Å². The molecule has 0 bridgehead atoms. The lowest BCUT2D eigenvalue weighted by atomic mass is 10.1. The van der Waals surface area contributed by atoms with Crippen molar-refractivity contribution in [2.24, 2.45) is 0 Å². The molecule has 0 saturated heterocycles. The Morgan fingerprint density at radius 1 is 0.654 bits per heavy atom. The van der Waals surface area contributed by atoms with Crippen LogP contribution in [-0.4, -0.2) is 11.8 Å². The highest BCUT2D eigenvalue weighted by Gasteiger charge is 2.06. The van der Waals surface area contributed by atoms with Crippen LogP contribution < -0.4 is 22.1 Å². The zero-order valence-corrected chi connectivity index (χ0v) is 14.8. The number of anilines is 4. The summed E-state index contributed by atoms with van der Waals surface area (Å²) >= 11 is 0. The summed E-state index contributed by atoms with van der Waals surface area (Å²) in [6, 6.07) is 14.4. The van der Waals surface area contributed by atoms with Crippen molar-refractivity contribution in [3.63, 3.8) is 0 Å². The molecule has 0 atom stereocenters. The molecule has 2 amide bonds. The van der Waals surface area contributed by atoms with Crippen LogP contribution in [0, 0.1) is 0 Å². The van der Waals surface area contributed by atoms with Crippen molar-refractivity contribution in [3.05, 3.63) is 48.5 Å². The second kappa shape index (κ2) is 10.1. The third-order valence-corrected chi connectivity index (χ3v) is 4.03. The second-order valence-corrected chi connectivity index (χ2v) is 6.19. The first kappa shape index (κ1) is 19.3. The molecule has 2 rings (SSSR count). The van der Waals surface area contributed by atoms with E-state index in [-0.39, 0.29) is 11.8 Å². The maximum absolute atomic E-state index is 11.9. The number of nitrogens with two attached hydrogens (primary N) is 2. The summed E-state index contributed by atoms with van der Waals surface area (Å²) in [6.07, 6.45) is 4.26. The molecule has 26 heavy (non-hydrogen) atoms. The van der Waals surface area contributed by atoms with E-state index in [0.29, 0.717) is 35.6 Å². The molecule has 0 aliphatic heterocycles. The summed E-state index contributed by atoms with van der Waals surface area (Å²) < 4.78 is 0. The van der Waals surface area contributed by atoms with E-state index in [4.69, 9.17) is 11.5 Å². The van der Waals surface area contributed by atoms with Gasteiger partial charge in [0, 0.05) is 12.8 Å². The van der Waals surface area contributed by atoms with E-state index in [2.05, 4.69) is 10.6 Å². The first-order valence-electron chi connectivity index (χ1n) is 8.85. The van der Waals surface area contributed by atoms with Gasteiger partial charge in [0.2, 0.25) is 11.8 Å². The summed E-state index contributed by atoms with van der Waals surface area (Å²) in [6.45, 7) is 0. The number of carbonyl (C=O) groups excluding carboxylic acids is 2. The van der Waals surface area contributed by atoms with Crippen LogP contribution in [0.3, 0.4) is 0 Å². The Bertz CT molecular complexity index is 683. The Hall–Kier alpha value is -3.02. The smallest absolute Gasteiger partial charge is 0.224 e. The maximum Gasteiger partial charge on any atom is 0.224 e. The van der Waals surface area contributed by atoms with Crippen molar-refractivity contribution in [3.8, 4) is 0 Å². The minimum Gasteiger partial charge on any atom is -0.397 e. The fourth-order valence-electron chi connectivity index (χ4n) is 2.57. The third-order valence-electron chi connectivity index (χ3n) is 4.03. The predicted octanol–water partition coefficient (Wildman–Crippen LogP) is 3.77. The Morgan fingerprint density at radius 2 is 1.04 bits per heavy atom. The van der Waals surface area contributed by atoms with Crippen LogP contribution in [0.2, 0.25) is 0 Å². The van der Waals surface area contributed by atoms with Gasteiger partial charge < -0.3 is 22.1 Å². The number of hydrogen-bond donors (Lipinski definition) is 4. The average Bonchev–Trinajstić information content (AvgIpc) is 2.62. The molecule has 6 heteroatoms. The minimum absolute atomic E-state index is 0.0415. The van der Waals surface area contributed by atoms with Crippen molar-refractivity contribution in [2.45, 2.75) is 38.5 Å². The molecular formula is C20H26N4O2. The first-order valence-corrected chi connectivity index (χ1v) is 8.85. The summed E-state index contributed by atoms with van der Waals surface area (Å²) in [5.41, 5.74) is 14.0. The molecule has 138 valence electrons. The quantitative estimate of drug-likeness (QED) is 0.406. The summed E-state index contributed by atoms with van der Waals surface area (Å²) in [4.78, 5) is 23.8. The molecule has 0 radical (unpaired) electrons. The lowest BCUT2D eigenvalue weighted by Gasteiger charge is -2.08. The SMILES string of the molecule is Nc1ccccc1NC(=O)CCCCCCC(=O)Nc1ccccc1N. The number of hydrogen-bond acceptors (Lipinski definition) is 4. The van der Waals surface area contributed by atoms with Crippen molar-refractivity contribution >= 4 is 34.6 Å². The highest BCUT2D eigenvalue weighted by atomic mass is 16.2. The van der Waals surface area contributed by atoms with Gasteiger partial charge in [-0.05, 0) is 37.1 Å². The molecule has 6 N–H and O–H groups in total. The Balaban J connectivity index is 1.56. The number of nitrogens with one attached hydrogen (secondary N) is 2. The number of unbranched alkanes of at least 4 members (excludes halogenated alkanes) is 3. The summed E-state index contributed by atoms with van der Waals surface area (Å²) in [7, 11) is 0. The number of para-hydroxylation sites is 4. The van der Waals surface area contributed by atoms with E-state index >= 15 is 0 Å². The number of benzene rings is 2. The molecule has 0 aromatic heterocycles. The van der Waals surface area contributed by atoms with E-state index in [9.17, 15) is 9.59 Å². The fraction of sp³-hybridized carbons (Fsp3) is 0.300. The molecule has 0 spiro atoms. The van der Waals surface area contributed by atoms with Gasteiger partial charge in [-0.25, -0.2) is 0 Å². The lowest BCUT2D eigenvalue weighted by molar-refractivity contribution is -0.117. The van der Waals surface area contributed by atoms with E-state index in [1.54, 1.807) is 24.3 Å². The van der Waals surface area contributed by atoms with Gasteiger partial charge in [-0.1, -0.05) is 37.1 Å². The maximum atomic E-state index is 11.9. The van der Waals surface area contributed by atoms with Gasteiger partial charge >= 0.3 is 0 Å². The molecule has 0 aliphatic carbocycles. The van der Waals surface area contributed by atoms with Crippen LogP contribution in [0.25, 0.3) is 0 Å². The molecule has 2 aromatic carbocycles. The molecule has 0 unspecified atom stereocenters. The monoisotopic (exact) mass is 354 g/mol. The van der Waals surface area contributed by atoms with Crippen LogP contribution in [0.15, 0.2) is 48.5 Å². The van der Waals surface area contributed by atoms with E-state index in [1.807, 2.05) is 24.3 Å². The lowest BCUT2D eigenvalue weighted by Crippen LogP contribution is -2.13. The highest BCUT2D eigenvalue weighted by molar-refractivity contribution is 5.94. The topological polar surface area (TPSA) is 110 Å². The zero-order chi connectivity index (χ0) is 18.8. The van der Waals surface area contributed by atoms with E-state index < -0.39 is 0 Å². The molecule has 0 aliphatic rings. The largest absolute Gasteiger partial charge is 0.397 e. The van der Waals surface area contributed by atoms with E-state index in [1.165, 1.54) is 0 Å². The summed E-state index contributed by atoms with van der Waals surface area (Å²) in [5.74, 6) is -0.0830. The first-order chi connectivity index (χ1) is 12.6. The van der Waals surface area contributed by atoms with Crippen LogP contribution in [-0.2, 0) is 9.59 Å². The van der Waals surface area contributed by atoms with Crippen LogP contribution >= 0.6 is 0 Å². The van der Waals surface area contributed by atoms with Crippen LogP contribution in [0.1, 0.15) is 38.5 Å². The van der Waals surface area contributed by atoms with Crippen molar-refractivity contribution in [1.29, 1.82) is 0 Å². The number of amides is 2.